The van der Waals surface area contributed by atoms with Crippen molar-refractivity contribution >= 4 is 22.5 Å². The Balaban J connectivity index is 1.67. The first-order valence-corrected chi connectivity index (χ1v) is 9.41. The van der Waals surface area contributed by atoms with Gasteiger partial charge in [0.05, 0.1) is 22.5 Å². The Morgan fingerprint density at radius 2 is 1.74 bits per heavy atom. The summed E-state index contributed by atoms with van der Waals surface area (Å²) in [4.78, 5) is 24.9. The number of hydrogen-bond donors (Lipinski definition) is 1. The number of aryl methyl sites for hydroxylation is 2. The third kappa shape index (κ3) is 4.09. The highest BCUT2D eigenvalue weighted by molar-refractivity contribution is 6.05. The molecule has 1 amide bonds. The number of nitrogens with zero attached hydrogens (tertiary/aromatic N) is 3. The second-order valence-electron chi connectivity index (χ2n) is 7.05. The van der Waals surface area contributed by atoms with Gasteiger partial charge in [0.2, 0.25) is 0 Å². The molecular formula is C23H17F3N4O. The highest BCUT2D eigenvalue weighted by Gasteiger charge is 2.33. The predicted molar refractivity (Wildman–Crippen MR) is 112 cm³/mol. The van der Waals surface area contributed by atoms with E-state index in [2.05, 4.69) is 20.3 Å². The van der Waals surface area contributed by atoms with Crippen molar-refractivity contribution in [1.82, 2.24) is 15.0 Å². The molecule has 0 aliphatic carbocycles. The van der Waals surface area contributed by atoms with E-state index in [0.717, 1.165) is 39.9 Å². The Morgan fingerprint density at radius 1 is 0.968 bits per heavy atom. The molecule has 2 aromatic carbocycles. The predicted octanol–water partition coefficient (Wildman–Crippen LogP) is 5.58. The number of para-hydroxylation sites is 1. The zero-order valence-corrected chi connectivity index (χ0v) is 16.7. The lowest BCUT2D eigenvalue weighted by atomic mass is 10.0. The Kier molecular flexibility index (Phi) is 5.14. The second-order valence-corrected chi connectivity index (χ2v) is 7.05. The normalized spacial score (nSPS) is 11.5. The van der Waals surface area contributed by atoms with Gasteiger partial charge in [0.15, 0.2) is 0 Å². The van der Waals surface area contributed by atoms with E-state index in [4.69, 9.17) is 0 Å². The Morgan fingerprint density at radius 3 is 2.48 bits per heavy atom. The quantitative estimate of drug-likeness (QED) is 0.468. The molecule has 4 rings (SSSR count). The average molecular weight is 422 g/mol. The molecule has 31 heavy (non-hydrogen) atoms. The van der Waals surface area contributed by atoms with Crippen LogP contribution in [0.1, 0.15) is 27.3 Å². The molecule has 0 saturated carbocycles. The van der Waals surface area contributed by atoms with E-state index in [0.29, 0.717) is 5.69 Å². The first-order valence-electron chi connectivity index (χ1n) is 9.41. The second kappa shape index (κ2) is 7.79. The van der Waals surface area contributed by atoms with E-state index < -0.39 is 17.8 Å². The SMILES string of the molecule is Cc1ccc(NC(=O)c2ccc(C(F)(F)F)nc2C)cc1-c1ncnc2ccccc12. The van der Waals surface area contributed by atoms with E-state index in [-0.39, 0.29) is 11.3 Å². The number of halogens is 3. The minimum Gasteiger partial charge on any atom is -0.322 e. The molecule has 5 nitrogen and oxygen atoms in total. The summed E-state index contributed by atoms with van der Waals surface area (Å²) in [5.41, 5.74) is 2.83. The first-order chi connectivity index (χ1) is 14.7. The van der Waals surface area contributed by atoms with Gasteiger partial charge in [0.25, 0.3) is 5.91 Å². The number of alkyl halides is 3. The number of nitrogens with one attached hydrogen (secondary N) is 1. The molecule has 156 valence electrons. The van der Waals surface area contributed by atoms with Crippen molar-refractivity contribution < 1.29 is 18.0 Å². The number of amides is 1. The summed E-state index contributed by atoms with van der Waals surface area (Å²) >= 11 is 0. The summed E-state index contributed by atoms with van der Waals surface area (Å²) < 4.78 is 38.5. The maximum absolute atomic E-state index is 12.8. The van der Waals surface area contributed by atoms with Crippen molar-refractivity contribution in [3.63, 3.8) is 0 Å². The fourth-order valence-electron chi connectivity index (χ4n) is 3.33. The van der Waals surface area contributed by atoms with Crippen molar-refractivity contribution in [3.05, 3.63) is 83.4 Å². The number of hydrogen-bond acceptors (Lipinski definition) is 4. The molecule has 0 bridgehead atoms. The minimum atomic E-state index is -4.56. The van der Waals surface area contributed by atoms with Crippen LogP contribution in [0, 0.1) is 13.8 Å². The van der Waals surface area contributed by atoms with Crippen molar-refractivity contribution in [1.29, 1.82) is 0 Å². The molecule has 0 radical (unpaired) electrons. The molecule has 0 fully saturated rings. The van der Waals surface area contributed by atoms with Gasteiger partial charge in [-0.15, -0.1) is 0 Å². The largest absolute Gasteiger partial charge is 0.433 e. The molecule has 4 aromatic rings. The van der Waals surface area contributed by atoms with Crippen LogP contribution in [-0.4, -0.2) is 20.9 Å². The van der Waals surface area contributed by atoms with Gasteiger partial charge in [-0.1, -0.05) is 24.3 Å². The maximum atomic E-state index is 12.8. The van der Waals surface area contributed by atoms with Crippen molar-refractivity contribution in [3.8, 4) is 11.3 Å². The van der Waals surface area contributed by atoms with Gasteiger partial charge < -0.3 is 5.32 Å². The summed E-state index contributed by atoms with van der Waals surface area (Å²) in [5, 5.41) is 3.61. The summed E-state index contributed by atoms with van der Waals surface area (Å²) in [6.45, 7) is 3.31. The van der Waals surface area contributed by atoms with Crippen LogP contribution in [0.4, 0.5) is 18.9 Å². The van der Waals surface area contributed by atoms with Crippen molar-refractivity contribution in [2.45, 2.75) is 20.0 Å². The summed E-state index contributed by atoms with van der Waals surface area (Å²) in [6.07, 6.45) is -3.08. The number of benzene rings is 2. The zero-order valence-electron chi connectivity index (χ0n) is 16.7. The van der Waals surface area contributed by atoms with Gasteiger partial charge in [-0.2, -0.15) is 13.2 Å². The molecule has 0 unspecified atom stereocenters. The molecule has 2 aromatic heterocycles. The number of carbonyl (C=O) groups is 1. The first kappa shape index (κ1) is 20.5. The molecule has 0 atom stereocenters. The van der Waals surface area contributed by atoms with Crippen LogP contribution in [0.25, 0.3) is 22.2 Å². The fourth-order valence-corrected chi connectivity index (χ4v) is 3.33. The number of fused-ring (bicyclic) bond motifs is 1. The molecule has 2 heterocycles. The van der Waals surface area contributed by atoms with E-state index in [1.165, 1.54) is 13.3 Å². The summed E-state index contributed by atoms with van der Waals surface area (Å²) in [6, 6.07) is 14.9. The van der Waals surface area contributed by atoms with Crippen LogP contribution in [0.3, 0.4) is 0 Å². The van der Waals surface area contributed by atoms with Gasteiger partial charge in [-0.05, 0) is 49.7 Å². The fraction of sp³-hybridized carbons (Fsp3) is 0.130. The minimum absolute atomic E-state index is 0.00135. The van der Waals surface area contributed by atoms with Crippen LogP contribution in [-0.2, 0) is 6.18 Å². The van der Waals surface area contributed by atoms with E-state index in [1.807, 2.05) is 37.3 Å². The van der Waals surface area contributed by atoms with E-state index in [9.17, 15) is 18.0 Å². The molecule has 0 saturated heterocycles. The third-order valence-electron chi connectivity index (χ3n) is 4.91. The molecule has 0 aliphatic heterocycles. The Hall–Kier alpha value is -3.81. The Labute approximate surface area is 176 Å². The van der Waals surface area contributed by atoms with E-state index >= 15 is 0 Å². The monoisotopic (exact) mass is 422 g/mol. The summed E-state index contributed by atoms with van der Waals surface area (Å²) in [5.74, 6) is -0.541. The molecular weight excluding hydrogens is 405 g/mol. The standard InChI is InChI=1S/C23H17F3N4O/c1-13-7-8-15(11-18(13)21-17-5-3-4-6-19(17)27-12-28-21)30-22(31)16-9-10-20(23(24,25)26)29-14(16)2/h3-12H,1-2H3,(H,30,31). The van der Waals surface area contributed by atoms with Crippen LogP contribution < -0.4 is 5.32 Å². The number of rotatable bonds is 3. The lowest BCUT2D eigenvalue weighted by molar-refractivity contribution is -0.141. The molecule has 1 N–H and O–H groups in total. The van der Waals surface area contributed by atoms with Crippen LogP contribution in [0.5, 0.6) is 0 Å². The smallest absolute Gasteiger partial charge is 0.322 e. The van der Waals surface area contributed by atoms with Gasteiger partial charge in [-0.3, -0.25) is 4.79 Å². The zero-order chi connectivity index (χ0) is 22.2. The van der Waals surface area contributed by atoms with Crippen LogP contribution >= 0.6 is 0 Å². The van der Waals surface area contributed by atoms with Gasteiger partial charge in [-0.25, -0.2) is 15.0 Å². The number of aromatic nitrogens is 3. The number of pyridine rings is 1. The number of carbonyl (C=O) groups excluding carboxylic acids is 1. The van der Waals surface area contributed by atoms with Gasteiger partial charge in [0.1, 0.15) is 12.0 Å². The number of anilines is 1. The highest BCUT2D eigenvalue weighted by Crippen LogP contribution is 2.31. The Bertz CT molecular complexity index is 1300. The van der Waals surface area contributed by atoms with Crippen LogP contribution in [0.2, 0.25) is 0 Å². The average Bonchev–Trinajstić information content (AvgIpc) is 2.74. The molecule has 0 spiro atoms. The third-order valence-corrected chi connectivity index (χ3v) is 4.91. The van der Waals surface area contributed by atoms with Crippen LogP contribution in [0.15, 0.2) is 60.9 Å². The topological polar surface area (TPSA) is 67.8 Å². The van der Waals surface area contributed by atoms with Gasteiger partial charge >= 0.3 is 6.18 Å². The van der Waals surface area contributed by atoms with Crippen molar-refractivity contribution in [2.24, 2.45) is 0 Å². The molecule has 8 heteroatoms. The highest BCUT2D eigenvalue weighted by atomic mass is 19.4. The molecule has 0 aliphatic rings. The van der Waals surface area contributed by atoms with Gasteiger partial charge in [0, 0.05) is 16.6 Å². The lowest BCUT2D eigenvalue weighted by Gasteiger charge is -2.13. The lowest BCUT2D eigenvalue weighted by Crippen LogP contribution is -2.16. The van der Waals surface area contributed by atoms with E-state index in [1.54, 1.807) is 12.1 Å². The summed E-state index contributed by atoms with van der Waals surface area (Å²) in [7, 11) is 0. The van der Waals surface area contributed by atoms with Crippen molar-refractivity contribution in [2.75, 3.05) is 5.32 Å². The maximum Gasteiger partial charge on any atom is 0.433 e.